The van der Waals surface area contributed by atoms with Crippen molar-refractivity contribution in [2.24, 2.45) is 0 Å². The SMILES string of the molecule is O=C(c1ccccc1)c1ccc2c(c1)[nH]c1c3c(Cl)c(Cl)c(Cl)c(Cl)c3cn21. The number of aromatic nitrogens is 2. The number of fused-ring (bicyclic) bond motifs is 5. The van der Waals surface area contributed by atoms with Gasteiger partial charge >= 0.3 is 0 Å². The molecule has 0 atom stereocenters. The quantitative estimate of drug-likeness (QED) is 0.170. The Labute approximate surface area is 179 Å². The Morgan fingerprint density at radius 3 is 2.29 bits per heavy atom. The number of rotatable bonds is 2. The van der Waals surface area contributed by atoms with Gasteiger partial charge in [0.25, 0.3) is 0 Å². The number of nitrogens with zero attached hydrogens (tertiary/aromatic N) is 1. The molecule has 0 fully saturated rings. The van der Waals surface area contributed by atoms with Crippen LogP contribution in [0.1, 0.15) is 15.9 Å². The fraction of sp³-hybridized carbons (Fsp3) is 0. The van der Waals surface area contributed by atoms with Crippen LogP contribution in [0.2, 0.25) is 20.1 Å². The van der Waals surface area contributed by atoms with Gasteiger partial charge in [-0.1, -0.05) is 76.7 Å². The molecular weight excluding hydrogens is 438 g/mol. The van der Waals surface area contributed by atoms with Gasteiger partial charge in [0.2, 0.25) is 0 Å². The normalized spacial score (nSPS) is 11.7. The van der Waals surface area contributed by atoms with E-state index in [4.69, 9.17) is 46.4 Å². The number of halogens is 4. The van der Waals surface area contributed by atoms with Crippen molar-refractivity contribution in [3.63, 3.8) is 0 Å². The number of hydrogen-bond acceptors (Lipinski definition) is 1. The molecule has 0 aliphatic carbocycles. The number of H-pyrrole nitrogens is 1. The molecule has 0 spiro atoms. The molecule has 28 heavy (non-hydrogen) atoms. The standard InChI is InChI=1S/C21H10Cl4N2O/c22-16-12-9-27-14-7-6-11(20(28)10-4-2-1-3-5-10)8-13(14)26-21(27)15(12)17(23)19(25)18(16)24/h1-9,26H. The maximum absolute atomic E-state index is 12.7. The highest BCUT2D eigenvalue weighted by molar-refractivity contribution is 6.56. The first kappa shape index (κ1) is 17.9. The predicted octanol–water partition coefficient (Wildman–Crippen LogP) is 7.42. The van der Waals surface area contributed by atoms with E-state index in [2.05, 4.69) is 4.98 Å². The van der Waals surface area contributed by atoms with Gasteiger partial charge in [-0.25, -0.2) is 0 Å². The summed E-state index contributed by atoms with van der Waals surface area (Å²) >= 11 is 25.2. The summed E-state index contributed by atoms with van der Waals surface area (Å²) in [6.07, 6.45) is 1.86. The fourth-order valence-electron chi connectivity index (χ4n) is 3.50. The lowest BCUT2D eigenvalue weighted by Crippen LogP contribution is -2.00. The van der Waals surface area contributed by atoms with Crippen molar-refractivity contribution >= 4 is 79.6 Å². The van der Waals surface area contributed by atoms with Gasteiger partial charge < -0.3 is 9.38 Å². The summed E-state index contributed by atoms with van der Waals surface area (Å²) < 4.78 is 1.93. The van der Waals surface area contributed by atoms with Crippen molar-refractivity contribution in [3.8, 4) is 0 Å². The molecule has 7 heteroatoms. The van der Waals surface area contributed by atoms with Crippen LogP contribution in [-0.4, -0.2) is 15.2 Å². The van der Waals surface area contributed by atoms with Crippen LogP contribution >= 0.6 is 46.4 Å². The van der Waals surface area contributed by atoms with Crippen LogP contribution in [0.15, 0.2) is 54.7 Å². The van der Waals surface area contributed by atoms with Gasteiger partial charge in [0, 0.05) is 28.1 Å². The third-order valence-electron chi connectivity index (χ3n) is 4.85. The number of aromatic amines is 1. The highest BCUT2D eigenvalue weighted by atomic mass is 35.5. The molecule has 3 nitrogen and oxygen atoms in total. The molecule has 138 valence electrons. The first-order chi connectivity index (χ1) is 13.5. The van der Waals surface area contributed by atoms with Crippen molar-refractivity contribution in [2.75, 3.05) is 0 Å². The van der Waals surface area contributed by atoms with Crippen molar-refractivity contribution in [1.82, 2.24) is 9.38 Å². The Balaban J connectivity index is 1.76. The predicted molar refractivity (Wildman–Crippen MR) is 117 cm³/mol. The van der Waals surface area contributed by atoms with Crippen molar-refractivity contribution in [1.29, 1.82) is 0 Å². The lowest BCUT2D eigenvalue weighted by Gasteiger charge is -2.04. The smallest absolute Gasteiger partial charge is 0.193 e. The number of ketones is 1. The summed E-state index contributed by atoms with van der Waals surface area (Å²) in [6.45, 7) is 0. The second-order valence-corrected chi connectivity index (χ2v) is 7.96. The summed E-state index contributed by atoms with van der Waals surface area (Å²) in [4.78, 5) is 16.1. The Morgan fingerprint density at radius 1 is 0.821 bits per heavy atom. The largest absolute Gasteiger partial charge is 0.339 e. The topological polar surface area (TPSA) is 37.3 Å². The van der Waals surface area contributed by atoms with Gasteiger partial charge in [-0.2, -0.15) is 0 Å². The average molecular weight is 448 g/mol. The minimum atomic E-state index is -0.0393. The zero-order chi connectivity index (χ0) is 19.6. The first-order valence-electron chi connectivity index (χ1n) is 8.35. The van der Waals surface area contributed by atoms with Gasteiger partial charge in [-0.05, 0) is 18.2 Å². The van der Waals surface area contributed by atoms with Crippen LogP contribution in [0.4, 0.5) is 0 Å². The summed E-state index contributed by atoms with van der Waals surface area (Å²) in [6, 6.07) is 14.7. The van der Waals surface area contributed by atoms with Gasteiger partial charge in [-0.3, -0.25) is 4.79 Å². The van der Waals surface area contributed by atoms with E-state index >= 15 is 0 Å². The van der Waals surface area contributed by atoms with Gasteiger partial charge in [-0.15, -0.1) is 0 Å². The average Bonchev–Trinajstić information content (AvgIpc) is 3.26. The molecule has 1 N–H and O–H groups in total. The van der Waals surface area contributed by atoms with Crippen LogP contribution in [0.3, 0.4) is 0 Å². The molecule has 5 rings (SSSR count). The third-order valence-corrected chi connectivity index (χ3v) is 6.66. The summed E-state index contributed by atoms with van der Waals surface area (Å²) in [5.74, 6) is -0.0393. The molecule has 0 aliphatic rings. The van der Waals surface area contributed by atoms with Crippen LogP contribution in [-0.2, 0) is 0 Å². The number of hydrogen-bond donors (Lipinski definition) is 1. The maximum atomic E-state index is 12.7. The van der Waals surface area contributed by atoms with Crippen molar-refractivity contribution in [3.05, 3.63) is 85.9 Å². The number of benzene rings is 3. The van der Waals surface area contributed by atoms with E-state index in [1.807, 2.05) is 40.9 Å². The van der Waals surface area contributed by atoms with E-state index < -0.39 is 0 Å². The lowest BCUT2D eigenvalue weighted by molar-refractivity contribution is 0.103. The molecule has 0 bridgehead atoms. The zero-order valence-electron chi connectivity index (χ0n) is 14.1. The minimum Gasteiger partial charge on any atom is -0.339 e. The van der Waals surface area contributed by atoms with E-state index in [1.54, 1.807) is 18.2 Å². The molecular formula is C21H10Cl4N2O. The fourth-order valence-corrected chi connectivity index (χ4v) is 4.51. The monoisotopic (exact) mass is 446 g/mol. The summed E-state index contributed by atoms with van der Waals surface area (Å²) in [5, 5.41) is 2.53. The molecule has 2 aromatic heterocycles. The van der Waals surface area contributed by atoms with Crippen LogP contribution in [0.25, 0.3) is 27.5 Å². The Bertz CT molecular complexity index is 1420. The van der Waals surface area contributed by atoms with Gasteiger partial charge in [0.1, 0.15) is 5.65 Å². The van der Waals surface area contributed by atoms with Gasteiger partial charge in [0.05, 0.1) is 31.1 Å². The molecule has 0 amide bonds. The molecule has 0 radical (unpaired) electrons. The third kappa shape index (κ3) is 2.48. The Hall–Kier alpha value is -2.17. The Kier molecular flexibility index (Phi) is 4.11. The molecule has 0 aliphatic heterocycles. The first-order valence-corrected chi connectivity index (χ1v) is 9.86. The zero-order valence-corrected chi connectivity index (χ0v) is 17.1. The summed E-state index contributed by atoms with van der Waals surface area (Å²) in [5.41, 5.74) is 3.66. The van der Waals surface area contributed by atoms with E-state index in [0.29, 0.717) is 31.9 Å². The molecule has 2 heterocycles. The second kappa shape index (κ2) is 6.43. The van der Waals surface area contributed by atoms with Crippen molar-refractivity contribution < 1.29 is 4.79 Å². The van der Waals surface area contributed by atoms with E-state index in [1.165, 1.54) is 0 Å². The van der Waals surface area contributed by atoms with Crippen LogP contribution < -0.4 is 0 Å². The molecule has 5 aromatic rings. The second-order valence-electron chi connectivity index (χ2n) is 6.44. The highest BCUT2D eigenvalue weighted by Crippen LogP contribution is 2.45. The highest BCUT2D eigenvalue weighted by Gasteiger charge is 2.21. The van der Waals surface area contributed by atoms with Crippen molar-refractivity contribution in [2.45, 2.75) is 0 Å². The molecule has 0 saturated heterocycles. The summed E-state index contributed by atoms with van der Waals surface area (Å²) in [7, 11) is 0. The maximum Gasteiger partial charge on any atom is 0.193 e. The van der Waals surface area contributed by atoms with Gasteiger partial charge in [0.15, 0.2) is 5.78 Å². The number of carbonyl (C=O) groups is 1. The van der Waals surface area contributed by atoms with E-state index in [-0.39, 0.29) is 15.8 Å². The van der Waals surface area contributed by atoms with Crippen LogP contribution in [0, 0.1) is 0 Å². The molecule has 0 unspecified atom stereocenters. The number of imidazole rings is 1. The van der Waals surface area contributed by atoms with E-state index in [0.717, 1.165) is 16.7 Å². The van der Waals surface area contributed by atoms with E-state index in [9.17, 15) is 4.79 Å². The molecule has 0 saturated carbocycles. The number of carbonyl (C=O) groups excluding carboxylic acids is 1. The van der Waals surface area contributed by atoms with Crippen LogP contribution in [0.5, 0.6) is 0 Å². The molecule has 3 aromatic carbocycles. The minimum absolute atomic E-state index is 0.0393. The number of nitrogens with one attached hydrogen (secondary N) is 1. The Morgan fingerprint density at radius 2 is 1.54 bits per heavy atom. The lowest BCUT2D eigenvalue weighted by atomic mass is 10.0.